The SMILES string of the molecule is COc1cc(C(=O)Nc2nc(C(F)(F)F)cs2)cc2c1OCCO2. The fourth-order valence-corrected chi connectivity index (χ4v) is 2.75. The van der Waals surface area contributed by atoms with Crippen molar-refractivity contribution in [2.45, 2.75) is 6.18 Å². The summed E-state index contributed by atoms with van der Waals surface area (Å²) in [4.78, 5) is 15.6. The number of rotatable bonds is 3. The second-order valence-electron chi connectivity index (χ2n) is 4.69. The summed E-state index contributed by atoms with van der Waals surface area (Å²) in [5.74, 6) is 0.385. The van der Waals surface area contributed by atoms with E-state index in [0.717, 1.165) is 5.38 Å². The van der Waals surface area contributed by atoms with Crippen LogP contribution in [-0.4, -0.2) is 31.2 Å². The maximum Gasteiger partial charge on any atom is 0.434 e. The summed E-state index contributed by atoms with van der Waals surface area (Å²) in [6.45, 7) is 0.677. The van der Waals surface area contributed by atoms with Crippen molar-refractivity contribution >= 4 is 22.4 Å². The molecule has 0 bridgehead atoms. The Morgan fingerprint density at radius 3 is 2.75 bits per heavy atom. The predicted molar refractivity (Wildman–Crippen MR) is 79.1 cm³/mol. The van der Waals surface area contributed by atoms with Gasteiger partial charge in [-0.05, 0) is 12.1 Å². The molecule has 0 fully saturated rings. The summed E-state index contributed by atoms with van der Waals surface area (Å²) in [5.41, 5.74) is -0.901. The molecule has 0 saturated carbocycles. The standard InChI is InChI=1S/C14H11F3N2O4S/c1-21-8-4-7(5-9-11(8)23-3-2-22-9)12(20)19-13-18-10(6-24-13)14(15,16)17/h4-6H,2-3H2,1H3,(H,18,19,20). The minimum absolute atomic E-state index is 0.152. The second kappa shape index (κ2) is 6.19. The second-order valence-corrected chi connectivity index (χ2v) is 5.55. The number of benzene rings is 1. The molecule has 10 heteroatoms. The third-order valence-corrected chi connectivity index (χ3v) is 3.86. The summed E-state index contributed by atoms with van der Waals surface area (Å²) in [5, 5.41) is 3.01. The highest BCUT2D eigenvalue weighted by atomic mass is 32.1. The number of aromatic nitrogens is 1. The zero-order valence-corrected chi connectivity index (χ0v) is 13.1. The van der Waals surface area contributed by atoms with Crippen molar-refractivity contribution in [3.63, 3.8) is 0 Å². The van der Waals surface area contributed by atoms with E-state index in [-0.39, 0.29) is 10.7 Å². The molecule has 0 aliphatic carbocycles. The van der Waals surface area contributed by atoms with Gasteiger partial charge in [0.15, 0.2) is 22.3 Å². The zero-order valence-electron chi connectivity index (χ0n) is 12.3. The van der Waals surface area contributed by atoms with Crippen LogP contribution in [0.1, 0.15) is 16.1 Å². The van der Waals surface area contributed by atoms with Crippen molar-refractivity contribution in [3.8, 4) is 17.2 Å². The van der Waals surface area contributed by atoms with Gasteiger partial charge in [-0.25, -0.2) is 4.98 Å². The van der Waals surface area contributed by atoms with Crippen molar-refractivity contribution in [2.24, 2.45) is 0 Å². The Balaban J connectivity index is 1.84. The van der Waals surface area contributed by atoms with Gasteiger partial charge in [-0.1, -0.05) is 0 Å². The fourth-order valence-electron chi connectivity index (χ4n) is 2.03. The number of hydrogen-bond donors (Lipinski definition) is 1. The number of thiazole rings is 1. The number of carbonyl (C=O) groups is 1. The normalized spacial score (nSPS) is 13.5. The Labute approximate surface area is 138 Å². The third-order valence-electron chi connectivity index (χ3n) is 3.11. The van der Waals surface area contributed by atoms with E-state index in [9.17, 15) is 18.0 Å². The Kier molecular flexibility index (Phi) is 4.22. The lowest BCUT2D eigenvalue weighted by Crippen LogP contribution is -2.18. The number of amides is 1. The van der Waals surface area contributed by atoms with Crippen LogP contribution in [0.5, 0.6) is 17.2 Å². The topological polar surface area (TPSA) is 69.7 Å². The maximum absolute atomic E-state index is 12.5. The number of anilines is 1. The van der Waals surface area contributed by atoms with Crippen LogP contribution in [0.15, 0.2) is 17.5 Å². The minimum atomic E-state index is -4.56. The smallest absolute Gasteiger partial charge is 0.434 e. The zero-order chi connectivity index (χ0) is 17.3. The van der Waals surface area contributed by atoms with E-state index < -0.39 is 17.8 Å². The number of carbonyl (C=O) groups excluding carboxylic acids is 1. The Hall–Kier alpha value is -2.49. The molecule has 0 atom stereocenters. The molecule has 0 radical (unpaired) electrons. The van der Waals surface area contributed by atoms with Crippen molar-refractivity contribution in [1.29, 1.82) is 0 Å². The van der Waals surface area contributed by atoms with Crippen LogP contribution in [0.3, 0.4) is 0 Å². The molecule has 2 aromatic rings. The van der Waals surface area contributed by atoms with Gasteiger partial charge in [0.2, 0.25) is 5.75 Å². The number of halogens is 3. The van der Waals surface area contributed by atoms with Crippen LogP contribution in [0.2, 0.25) is 0 Å². The van der Waals surface area contributed by atoms with Crippen molar-refractivity contribution in [2.75, 3.05) is 25.6 Å². The molecule has 3 rings (SSSR count). The molecule has 1 N–H and O–H groups in total. The van der Waals surface area contributed by atoms with Crippen LogP contribution < -0.4 is 19.5 Å². The third kappa shape index (κ3) is 3.23. The van der Waals surface area contributed by atoms with Crippen molar-refractivity contribution < 1.29 is 32.2 Å². The molecule has 1 aliphatic rings. The number of nitrogens with zero attached hydrogens (tertiary/aromatic N) is 1. The molecule has 6 nitrogen and oxygen atoms in total. The van der Waals surface area contributed by atoms with E-state index >= 15 is 0 Å². The van der Waals surface area contributed by atoms with Crippen molar-refractivity contribution in [3.05, 3.63) is 28.8 Å². The highest BCUT2D eigenvalue weighted by Crippen LogP contribution is 2.40. The first-order valence-corrected chi connectivity index (χ1v) is 7.58. The summed E-state index contributed by atoms with van der Waals surface area (Å²) >= 11 is 0.688. The fraction of sp³-hybridized carbons (Fsp3) is 0.286. The molecule has 128 valence electrons. The molecule has 1 aliphatic heterocycles. The minimum Gasteiger partial charge on any atom is -0.493 e. The van der Waals surface area contributed by atoms with Gasteiger partial charge in [0.05, 0.1) is 7.11 Å². The van der Waals surface area contributed by atoms with Gasteiger partial charge in [0.1, 0.15) is 13.2 Å². The summed E-state index contributed by atoms with van der Waals surface area (Å²) < 4.78 is 53.6. The number of alkyl halides is 3. The first kappa shape index (κ1) is 16.4. The van der Waals surface area contributed by atoms with Gasteiger partial charge in [0.25, 0.3) is 5.91 Å². The first-order valence-electron chi connectivity index (χ1n) is 6.70. The van der Waals surface area contributed by atoms with Gasteiger partial charge >= 0.3 is 6.18 Å². The monoisotopic (exact) mass is 360 g/mol. The average Bonchev–Trinajstić information content (AvgIpc) is 3.02. The lowest BCUT2D eigenvalue weighted by atomic mass is 10.1. The Morgan fingerprint density at radius 2 is 2.08 bits per heavy atom. The number of nitrogens with one attached hydrogen (secondary N) is 1. The molecule has 2 heterocycles. The first-order chi connectivity index (χ1) is 11.4. The summed E-state index contributed by atoms with van der Waals surface area (Å²) in [7, 11) is 1.41. The molecule has 0 unspecified atom stereocenters. The molecule has 1 aromatic carbocycles. The van der Waals surface area contributed by atoms with E-state index in [4.69, 9.17) is 14.2 Å². The Morgan fingerprint density at radius 1 is 1.33 bits per heavy atom. The van der Waals surface area contributed by atoms with E-state index in [1.807, 2.05) is 0 Å². The largest absolute Gasteiger partial charge is 0.493 e. The summed E-state index contributed by atoms with van der Waals surface area (Å²) in [6, 6.07) is 2.85. The van der Waals surface area contributed by atoms with Crippen LogP contribution in [0.25, 0.3) is 0 Å². The lowest BCUT2D eigenvalue weighted by Gasteiger charge is -2.21. The van der Waals surface area contributed by atoms with E-state index in [2.05, 4.69) is 10.3 Å². The molecule has 1 aromatic heterocycles. The van der Waals surface area contributed by atoms with Gasteiger partial charge in [0, 0.05) is 10.9 Å². The Bertz CT molecular complexity index is 759. The lowest BCUT2D eigenvalue weighted by molar-refractivity contribution is -0.140. The number of hydrogen-bond acceptors (Lipinski definition) is 6. The van der Waals surface area contributed by atoms with Gasteiger partial charge in [-0.2, -0.15) is 13.2 Å². The molecular weight excluding hydrogens is 349 g/mol. The number of methoxy groups -OCH3 is 1. The molecule has 1 amide bonds. The van der Waals surface area contributed by atoms with Crippen LogP contribution in [0.4, 0.5) is 18.3 Å². The highest BCUT2D eigenvalue weighted by molar-refractivity contribution is 7.14. The molecule has 24 heavy (non-hydrogen) atoms. The highest BCUT2D eigenvalue weighted by Gasteiger charge is 2.34. The summed E-state index contributed by atoms with van der Waals surface area (Å²) in [6.07, 6.45) is -4.56. The molecule has 0 saturated heterocycles. The van der Waals surface area contributed by atoms with Crippen LogP contribution in [0, 0.1) is 0 Å². The number of fused-ring (bicyclic) bond motifs is 1. The van der Waals surface area contributed by atoms with Crippen LogP contribution >= 0.6 is 11.3 Å². The molecule has 0 spiro atoms. The van der Waals surface area contributed by atoms with Crippen molar-refractivity contribution in [1.82, 2.24) is 4.98 Å². The van der Waals surface area contributed by atoms with Gasteiger partial charge in [-0.3, -0.25) is 10.1 Å². The quantitative estimate of drug-likeness (QED) is 0.910. The van der Waals surface area contributed by atoms with E-state index in [0.29, 0.717) is 41.8 Å². The average molecular weight is 360 g/mol. The maximum atomic E-state index is 12.5. The van der Waals surface area contributed by atoms with Gasteiger partial charge < -0.3 is 14.2 Å². The van der Waals surface area contributed by atoms with E-state index in [1.165, 1.54) is 19.2 Å². The van der Waals surface area contributed by atoms with Gasteiger partial charge in [-0.15, -0.1) is 11.3 Å². The van der Waals surface area contributed by atoms with Crippen LogP contribution in [-0.2, 0) is 6.18 Å². The van der Waals surface area contributed by atoms with E-state index in [1.54, 1.807) is 0 Å². The predicted octanol–water partition coefficient (Wildman–Crippen LogP) is 3.19. The number of ether oxygens (including phenoxy) is 3. The molecular formula is C14H11F3N2O4S.